The molecule has 21 heavy (non-hydrogen) atoms. The van der Waals surface area contributed by atoms with Crippen molar-refractivity contribution in [1.29, 1.82) is 0 Å². The molecule has 0 saturated carbocycles. The van der Waals surface area contributed by atoms with Crippen LogP contribution >= 0.6 is 15.9 Å². The molecule has 0 atom stereocenters. The Bertz CT molecular complexity index is 632. The molecule has 0 aliphatic carbocycles. The first-order valence-corrected chi connectivity index (χ1v) is 7.07. The minimum absolute atomic E-state index is 0.121. The van der Waals surface area contributed by atoms with Crippen LogP contribution in [0.4, 0.5) is 15.8 Å². The zero-order valence-corrected chi connectivity index (χ0v) is 12.7. The second kappa shape index (κ2) is 7.08. The van der Waals surface area contributed by atoms with Crippen molar-refractivity contribution in [2.24, 2.45) is 0 Å². The van der Waals surface area contributed by atoms with E-state index < -0.39 is 5.82 Å². The summed E-state index contributed by atoms with van der Waals surface area (Å²) in [5.41, 5.74) is 6.34. The van der Waals surface area contributed by atoms with Gasteiger partial charge in [-0.15, -0.1) is 0 Å². The van der Waals surface area contributed by atoms with E-state index in [-0.39, 0.29) is 24.6 Å². The second-order valence-electron chi connectivity index (χ2n) is 4.34. The van der Waals surface area contributed by atoms with Gasteiger partial charge in [0.15, 0.2) is 0 Å². The number of hydrogen-bond donors (Lipinski definition) is 2. The van der Waals surface area contributed by atoms with Crippen LogP contribution in [0.5, 0.6) is 5.75 Å². The number of rotatable bonds is 5. The number of nitrogen functional groups attached to an aromatic ring is 1. The maximum atomic E-state index is 13.5. The lowest BCUT2D eigenvalue weighted by molar-refractivity contribution is -0.116. The molecular weight excluding hydrogens is 339 g/mol. The first-order chi connectivity index (χ1) is 10.0. The smallest absolute Gasteiger partial charge is 0.227 e. The summed E-state index contributed by atoms with van der Waals surface area (Å²) in [5, 5.41) is 2.50. The molecule has 0 saturated heterocycles. The molecule has 0 unspecified atom stereocenters. The van der Waals surface area contributed by atoms with E-state index in [0.717, 1.165) is 0 Å². The minimum Gasteiger partial charge on any atom is -0.493 e. The summed E-state index contributed by atoms with van der Waals surface area (Å²) < 4.78 is 19.6. The van der Waals surface area contributed by atoms with Gasteiger partial charge in [0.2, 0.25) is 5.91 Å². The van der Waals surface area contributed by atoms with Crippen LogP contribution in [0.25, 0.3) is 0 Å². The molecule has 1 amide bonds. The Kier molecular flexibility index (Phi) is 5.16. The molecule has 2 aromatic rings. The van der Waals surface area contributed by atoms with Gasteiger partial charge >= 0.3 is 0 Å². The molecule has 4 nitrogen and oxygen atoms in total. The fourth-order valence-electron chi connectivity index (χ4n) is 1.63. The SMILES string of the molecule is Nc1ccc(OCCC(=O)Nc2cc(Br)ccc2F)cc1. The predicted octanol–water partition coefficient (Wildman–Crippen LogP) is 3.58. The van der Waals surface area contributed by atoms with Crippen LogP contribution in [-0.2, 0) is 4.79 Å². The van der Waals surface area contributed by atoms with Gasteiger partial charge < -0.3 is 15.8 Å². The molecule has 0 bridgehead atoms. The highest BCUT2D eigenvalue weighted by Crippen LogP contribution is 2.20. The van der Waals surface area contributed by atoms with E-state index in [0.29, 0.717) is 15.9 Å². The molecule has 2 rings (SSSR count). The molecular formula is C15H14BrFN2O2. The number of carbonyl (C=O) groups excluding carboxylic acids is 1. The standard InChI is InChI=1S/C15H14BrFN2O2/c16-10-1-6-13(17)14(9-10)19-15(20)7-8-21-12-4-2-11(18)3-5-12/h1-6,9H,7-8,18H2,(H,19,20). The Balaban J connectivity index is 1.82. The highest BCUT2D eigenvalue weighted by atomic mass is 79.9. The van der Waals surface area contributed by atoms with Crippen molar-refractivity contribution in [1.82, 2.24) is 0 Å². The van der Waals surface area contributed by atoms with Gasteiger partial charge in [-0.1, -0.05) is 15.9 Å². The van der Waals surface area contributed by atoms with Gasteiger partial charge in [-0.25, -0.2) is 4.39 Å². The minimum atomic E-state index is -0.481. The Labute approximate surface area is 130 Å². The van der Waals surface area contributed by atoms with Crippen molar-refractivity contribution in [3.63, 3.8) is 0 Å². The van der Waals surface area contributed by atoms with Crippen molar-refractivity contribution in [3.8, 4) is 5.75 Å². The molecule has 110 valence electrons. The summed E-state index contributed by atoms with van der Waals surface area (Å²) in [5.74, 6) is -0.168. The Morgan fingerprint density at radius 1 is 1.24 bits per heavy atom. The maximum absolute atomic E-state index is 13.5. The third kappa shape index (κ3) is 4.75. The van der Waals surface area contributed by atoms with Gasteiger partial charge in [0.05, 0.1) is 18.7 Å². The van der Waals surface area contributed by atoms with Crippen molar-refractivity contribution in [2.45, 2.75) is 6.42 Å². The fraction of sp³-hybridized carbons (Fsp3) is 0.133. The van der Waals surface area contributed by atoms with Gasteiger partial charge in [0.1, 0.15) is 11.6 Å². The van der Waals surface area contributed by atoms with Crippen molar-refractivity contribution < 1.29 is 13.9 Å². The molecule has 0 radical (unpaired) electrons. The lowest BCUT2D eigenvalue weighted by Crippen LogP contribution is -2.16. The number of benzene rings is 2. The third-order valence-corrected chi connectivity index (χ3v) is 3.17. The number of hydrogen-bond acceptors (Lipinski definition) is 3. The lowest BCUT2D eigenvalue weighted by Gasteiger charge is -2.08. The first kappa shape index (κ1) is 15.3. The number of ether oxygens (including phenoxy) is 1. The molecule has 0 aliphatic rings. The normalized spacial score (nSPS) is 10.2. The molecule has 2 aromatic carbocycles. The number of nitrogens with two attached hydrogens (primary N) is 1. The van der Waals surface area contributed by atoms with E-state index in [1.807, 2.05) is 0 Å². The van der Waals surface area contributed by atoms with E-state index in [4.69, 9.17) is 10.5 Å². The topological polar surface area (TPSA) is 64.3 Å². The Morgan fingerprint density at radius 2 is 1.95 bits per heavy atom. The van der Waals surface area contributed by atoms with Crippen molar-refractivity contribution in [2.75, 3.05) is 17.7 Å². The van der Waals surface area contributed by atoms with Gasteiger partial charge in [0, 0.05) is 10.2 Å². The largest absolute Gasteiger partial charge is 0.493 e. The lowest BCUT2D eigenvalue weighted by atomic mass is 10.3. The van der Waals surface area contributed by atoms with E-state index >= 15 is 0 Å². The van der Waals surface area contributed by atoms with Crippen LogP contribution in [0, 0.1) is 5.82 Å². The van der Waals surface area contributed by atoms with E-state index in [1.165, 1.54) is 12.1 Å². The molecule has 3 N–H and O–H groups in total. The zero-order chi connectivity index (χ0) is 15.2. The monoisotopic (exact) mass is 352 g/mol. The van der Waals surface area contributed by atoms with Crippen LogP contribution in [0.1, 0.15) is 6.42 Å². The van der Waals surface area contributed by atoms with Crippen LogP contribution in [0.2, 0.25) is 0 Å². The Hall–Kier alpha value is -2.08. The van der Waals surface area contributed by atoms with Crippen LogP contribution in [0.15, 0.2) is 46.9 Å². The molecule has 0 heterocycles. The highest BCUT2D eigenvalue weighted by Gasteiger charge is 2.07. The van der Waals surface area contributed by atoms with Crippen LogP contribution in [-0.4, -0.2) is 12.5 Å². The number of halogens is 2. The molecule has 0 fully saturated rings. The molecule has 0 spiro atoms. The first-order valence-electron chi connectivity index (χ1n) is 6.28. The van der Waals surface area contributed by atoms with E-state index in [9.17, 15) is 9.18 Å². The predicted molar refractivity (Wildman–Crippen MR) is 83.7 cm³/mol. The van der Waals surface area contributed by atoms with E-state index in [2.05, 4.69) is 21.2 Å². The number of carbonyl (C=O) groups is 1. The second-order valence-corrected chi connectivity index (χ2v) is 5.26. The maximum Gasteiger partial charge on any atom is 0.227 e. The fourth-order valence-corrected chi connectivity index (χ4v) is 1.99. The quantitative estimate of drug-likeness (QED) is 0.808. The average Bonchev–Trinajstić information content (AvgIpc) is 2.45. The summed E-state index contributed by atoms with van der Waals surface area (Å²) in [6.45, 7) is 0.200. The van der Waals surface area contributed by atoms with E-state index in [1.54, 1.807) is 30.3 Å². The summed E-state index contributed by atoms with van der Waals surface area (Å²) in [7, 11) is 0. The van der Waals surface area contributed by atoms with Crippen molar-refractivity contribution >= 4 is 33.2 Å². The van der Waals surface area contributed by atoms with Crippen LogP contribution in [0.3, 0.4) is 0 Å². The Morgan fingerprint density at radius 3 is 2.67 bits per heavy atom. The van der Waals surface area contributed by atoms with Crippen molar-refractivity contribution in [3.05, 3.63) is 52.8 Å². The van der Waals surface area contributed by atoms with Gasteiger partial charge in [-0.2, -0.15) is 0 Å². The molecule has 0 aliphatic heterocycles. The summed E-state index contributed by atoms with van der Waals surface area (Å²) in [6, 6.07) is 11.2. The number of anilines is 2. The number of amides is 1. The zero-order valence-electron chi connectivity index (χ0n) is 11.1. The summed E-state index contributed by atoms with van der Waals surface area (Å²) in [4.78, 5) is 11.7. The van der Waals surface area contributed by atoms with Gasteiger partial charge in [-0.3, -0.25) is 4.79 Å². The van der Waals surface area contributed by atoms with Gasteiger partial charge in [-0.05, 0) is 42.5 Å². The molecule has 0 aromatic heterocycles. The number of nitrogens with one attached hydrogen (secondary N) is 1. The molecule has 6 heteroatoms. The summed E-state index contributed by atoms with van der Waals surface area (Å²) in [6.07, 6.45) is 0.121. The third-order valence-electron chi connectivity index (χ3n) is 2.68. The summed E-state index contributed by atoms with van der Waals surface area (Å²) >= 11 is 3.22. The van der Waals surface area contributed by atoms with Crippen LogP contribution < -0.4 is 15.8 Å². The van der Waals surface area contributed by atoms with Gasteiger partial charge in [0.25, 0.3) is 0 Å². The highest BCUT2D eigenvalue weighted by molar-refractivity contribution is 9.10. The average molecular weight is 353 g/mol.